The molecule has 0 spiro atoms. The van der Waals surface area contributed by atoms with Gasteiger partial charge in [-0.1, -0.05) is 24.0 Å². The predicted molar refractivity (Wildman–Crippen MR) is 80.1 cm³/mol. The Labute approximate surface area is 116 Å². The second-order valence-corrected chi connectivity index (χ2v) is 6.91. The summed E-state index contributed by atoms with van der Waals surface area (Å²) in [4.78, 5) is 0. The molecule has 2 nitrogen and oxygen atoms in total. The Morgan fingerprint density at radius 1 is 1.67 bits per heavy atom. The van der Waals surface area contributed by atoms with Crippen LogP contribution in [0.4, 0.5) is 0 Å². The highest BCUT2D eigenvalue weighted by Crippen LogP contribution is 2.22. The number of rotatable bonds is 5. The van der Waals surface area contributed by atoms with Gasteiger partial charge in [0.25, 0.3) is 0 Å². The second-order valence-electron chi connectivity index (χ2n) is 2.55. The summed E-state index contributed by atoms with van der Waals surface area (Å²) in [6, 6.07) is 0. The first-order valence-corrected chi connectivity index (χ1v) is 8.43. The molecule has 0 bridgehead atoms. The van der Waals surface area contributed by atoms with Gasteiger partial charge in [0.05, 0.1) is 10.2 Å². The molecule has 15 heavy (non-hydrogen) atoms. The summed E-state index contributed by atoms with van der Waals surface area (Å²) in [5, 5.41) is 4.96. The van der Waals surface area contributed by atoms with Crippen molar-refractivity contribution in [3.05, 3.63) is 15.5 Å². The number of nitrogens with one attached hydrogen (secondary N) is 1. The van der Waals surface area contributed by atoms with Crippen molar-refractivity contribution in [3.8, 4) is 0 Å². The fourth-order valence-corrected chi connectivity index (χ4v) is 4.16. The van der Waals surface area contributed by atoms with E-state index in [0.29, 0.717) is 0 Å². The predicted octanol–water partition coefficient (Wildman–Crippen LogP) is 3.38. The van der Waals surface area contributed by atoms with E-state index in [1.54, 1.807) is 11.8 Å². The van der Waals surface area contributed by atoms with Crippen LogP contribution >= 0.6 is 63.2 Å². The summed E-state index contributed by atoms with van der Waals surface area (Å²) in [6.07, 6.45) is 0. The van der Waals surface area contributed by atoms with Gasteiger partial charge in [0.2, 0.25) is 0 Å². The highest BCUT2D eigenvalue weighted by molar-refractivity contribution is 9.10. The van der Waals surface area contributed by atoms with Gasteiger partial charge in [-0.3, -0.25) is 0 Å². The topological polar surface area (TPSA) is 24.9 Å². The quantitative estimate of drug-likeness (QED) is 0.653. The Morgan fingerprint density at radius 3 is 3.07 bits per heavy atom. The van der Waals surface area contributed by atoms with E-state index in [4.69, 9.17) is 12.2 Å². The van der Waals surface area contributed by atoms with E-state index in [9.17, 15) is 0 Å². The lowest BCUT2D eigenvalue weighted by atomic mass is 10.5. The molecule has 0 aliphatic rings. The van der Waals surface area contributed by atoms with Crippen molar-refractivity contribution in [3.63, 3.8) is 0 Å². The van der Waals surface area contributed by atoms with E-state index in [-0.39, 0.29) is 0 Å². The number of hydrogen-bond acceptors (Lipinski definition) is 5. The third-order valence-electron chi connectivity index (χ3n) is 1.50. The maximum atomic E-state index is 5.03. The summed E-state index contributed by atoms with van der Waals surface area (Å²) < 4.78 is 6.28. The first kappa shape index (κ1) is 13.8. The number of halogens is 1. The molecule has 1 aromatic rings. The van der Waals surface area contributed by atoms with Crippen LogP contribution in [0.5, 0.6) is 0 Å². The Bertz CT molecular complexity index is 315. The number of thiocarbonyl (C=S) groups is 1. The number of aromatic nitrogens is 1. The molecule has 0 aliphatic carbocycles. The molecular formula is C8H11BrN2S4. The van der Waals surface area contributed by atoms with Crippen molar-refractivity contribution < 1.29 is 0 Å². The molecule has 0 atom stereocenters. The van der Waals surface area contributed by atoms with Crippen molar-refractivity contribution in [2.75, 3.05) is 18.6 Å². The van der Waals surface area contributed by atoms with Gasteiger partial charge in [0.1, 0.15) is 4.32 Å². The lowest BCUT2D eigenvalue weighted by Gasteiger charge is -2.01. The average Bonchev–Trinajstić information content (AvgIpc) is 2.63. The molecule has 0 saturated carbocycles. The SMILES string of the molecule is CNC(=S)SCCSCc1nscc1Br. The molecule has 1 rings (SSSR count). The zero-order valence-corrected chi connectivity index (χ0v) is 13.0. The number of thioether (sulfide) groups is 2. The van der Waals surface area contributed by atoms with Crippen molar-refractivity contribution in [2.45, 2.75) is 5.75 Å². The van der Waals surface area contributed by atoms with Crippen molar-refractivity contribution in [1.82, 2.24) is 9.69 Å². The van der Waals surface area contributed by atoms with Gasteiger partial charge >= 0.3 is 0 Å². The Balaban J connectivity index is 2.07. The third-order valence-corrected chi connectivity index (χ3v) is 5.82. The minimum absolute atomic E-state index is 0.866. The first-order chi connectivity index (χ1) is 7.24. The largest absolute Gasteiger partial charge is 0.374 e. The molecule has 84 valence electrons. The van der Waals surface area contributed by atoms with Gasteiger partial charge in [0, 0.05) is 29.7 Å². The van der Waals surface area contributed by atoms with Crippen molar-refractivity contribution in [2.24, 2.45) is 0 Å². The minimum Gasteiger partial charge on any atom is -0.374 e. The van der Waals surface area contributed by atoms with E-state index in [2.05, 4.69) is 25.6 Å². The molecule has 0 aliphatic heterocycles. The van der Waals surface area contributed by atoms with Gasteiger partial charge in [0.15, 0.2) is 0 Å². The number of nitrogens with zero attached hydrogens (tertiary/aromatic N) is 1. The van der Waals surface area contributed by atoms with Gasteiger partial charge in [-0.15, -0.1) is 0 Å². The molecule has 0 aromatic carbocycles. The molecule has 0 saturated heterocycles. The van der Waals surface area contributed by atoms with Crippen molar-refractivity contribution >= 4 is 67.5 Å². The van der Waals surface area contributed by atoms with Crippen LogP contribution in [0.1, 0.15) is 5.69 Å². The van der Waals surface area contributed by atoms with E-state index < -0.39 is 0 Å². The smallest absolute Gasteiger partial charge is 0.133 e. The minimum atomic E-state index is 0.866. The molecule has 0 radical (unpaired) electrons. The van der Waals surface area contributed by atoms with E-state index >= 15 is 0 Å². The Kier molecular flexibility index (Phi) is 7.24. The van der Waals surface area contributed by atoms with Crippen LogP contribution in [0.2, 0.25) is 0 Å². The molecule has 0 unspecified atom stereocenters. The van der Waals surface area contributed by atoms with Crippen LogP contribution in [0.3, 0.4) is 0 Å². The van der Waals surface area contributed by atoms with Gasteiger partial charge < -0.3 is 5.32 Å². The van der Waals surface area contributed by atoms with Crippen molar-refractivity contribution in [1.29, 1.82) is 0 Å². The zero-order valence-electron chi connectivity index (χ0n) is 8.16. The summed E-state index contributed by atoms with van der Waals surface area (Å²) >= 11 is 13.6. The Hall–Kier alpha value is 0.700. The second kappa shape index (κ2) is 7.89. The monoisotopic (exact) mass is 342 g/mol. The normalized spacial score (nSPS) is 10.3. The summed E-state index contributed by atoms with van der Waals surface area (Å²) in [6.45, 7) is 0. The van der Waals surface area contributed by atoms with Crippen LogP contribution in [0.25, 0.3) is 0 Å². The summed E-state index contributed by atoms with van der Waals surface area (Å²) in [5.41, 5.74) is 1.14. The summed E-state index contributed by atoms with van der Waals surface area (Å²) in [7, 11) is 1.86. The standard InChI is InChI=1S/C8H11BrN2S4/c1-10-8(12)14-3-2-13-5-7-6(9)4-15-11-7/h4H,2-3,5H2,1H3,(H,10,12). The zero-order chi connectivity index (χ0) is 11.1. The van der Waals surface area contributed by atoms with E-state index in [1.165, 1.54) is 11.5 Å². The van der Waals surface area contributed by atoms with Gasteiger partial charge in [-0.05, 0) is 27.5 Å². The van der Waals surface area contributed by atoms with Crippen LogP contribution in [0.15, 0.2) is 9.85 Å². The fraction of sp³-hybridized carbons (Fsp3) is 0.500. The molecular weight excluding hydrogens is 332 g/mol. The van der Waals surface area contributed by atoms with Crippen LogP contribution in [-0.4, -0.2) is 27.2 Å². The molecule has 0 fully saturated rings. The Morgan fingerprint density at radius 2 is 2.47 bits per heavy atom. The average molecular weight is 343 g/mol. The maximum Gasteiger partial charge on any atom is 0.133 e. The summed E-state index contributed by atoms with van der Waals surface area (Å²) in [5.74, 6) is 3.11. The fourth-order valence-electron chi connectivity index (χ4n) is 0.777. The maximum absolute atomic E-state index is 5.03. The van der Waals surface area contributed by atoms with E-state index in [0.717, 1.165) is 31.7 Å². The molecule has 0 amide bonds. The van der Waals surface area contributed by atoms with Crippen LogP contribution in [-0.2, 0) is 5.75 Å². The molecule has 7 heteroatoms. The molecule has 1 aromatic heterocycles. The number of hydrogen-bond donors (Lipinski definition) is 1. The highest BCUT2D eigenvalue weighted by atomic mass is 79.9. The highest BCUT2D eigenvalue weighted by Gasteiger charge is 2.02. The van der Waals surface area contributed by atoms with Crippen LogP contribution < -0.4 is 5.32 Å². The van der Waals surface area contributed by atoms with Crippen LogP contribution in [0, 0.1) is 0 Å². The first-order valence-electron chi connectivity index (χ1n) is 4.25. The third kappa shape index (κ3) is 5.53. The van der Waals surface area contributed by atoms with Gasteiger partial charge in [-0.25, -0.2) is 0 Å². The molecule has 1 N–H and O–H groups in total. The van der Waals surface area contributed by atoms with Gasteiger partial charge in [-0.2, -0.15) is 16.1 Å². The van der Waals surface area contributed by atoms with E-state index in [1.807, 2.05) is 24.2 Å². The lowest BCUT2D eigenvalue weighted by Crippen LogP contribution is -2.11. The molecule has 1 heterocycles. The lowest BCUT2D eigenvalue weighted by molar-refractivity contribution is 1.23.